The lowest BCUT2D eigenvalue weighted by Gasteiger charge is -2.35. The standard InChI is InChI=1S/C19H21ClN2O3S/c20-16-7-2-1-6-15(16)19-21-13(12-26-19)11-17(23)22-10-4-3-5-14(22)8-9-18(24)25/h1-2,6-7,12,14H,3-5,8-11H2,(H,24,25). The highest BCUT2D eigenvalue weighted by atomic mass is 35.5. The predicted molar refractivity (Wildman–Crippen MR) is 102 cm³/mol. The molecule has 3 rings (SSSR count). The van der Waals surface area contributed by atoms with E-state index in [2.05, 4.69) is 4.98 Å². The van der Waals surface area contributed by atoms with Gasteiger partial charge in [0.05, 0.1) is 17.1 Å². The zero-order valence-electron chi connectivity index (χ0n) is 14.4. The molecule has 0 spiro atoms. The van der Waals surface area contributed by atoms with Crippen LogP contribution in [0.3, 0.4) is 0 Å². The van der Waals surface area contributed by atoms with Crippen LogP contribution < -0.4 is 0 Å². The number of rotatable bonds is 6. The van der Waals surface area contributed by atoms with Gasteiger partial charge in [0.1, 0.15) is 5.01 Å². The van der Waals surface area contributed by atoms with Crippen molar-refractivity contribution in [1.82, 2.24) is 9.88 Å². The van der Waals surface area contributed by atoms with Gasteiger partial charge in [-0.25, -0.2) is 4.98 Å². The van der Waals surface area contributed by atoms with Gasteiger partial charge in [0.15, 0.2) is 0 Å². The Hall–Kier alpha value is -1.92. The third-order valence-corrected chi connectivity index (χ3v) is 5.88. The van der Waals surface area contributed by atoms with Gasteiger partial charge in [-0.1, -0.05) is 29.8 Å². The van der Waals surface area contributed by atoms with Crippen LogP contribution in [0.25, 0.3) is 10.6 Å². The number of nitrogens with zero attached hydrogens (tertiary/aromatic N) is 2. The van der Waals surface area contributed by atoms with Crippen LogP contribution in [0.1, 0.15) is 37.8 Å². The second kappa shape index (κ2) is 8.64. The number of hydrogen-bond acceptors (Lipinski definition) is 4. The maximum atomic E-state index is 12.8. The third kappa shape index (κ3) is 4.62. The number of hydrogen-bond donors (Lipinski definition) is 1. The highest BCUT2D eigenvalue weighted by Crippen LogP contribution is 2.30. The molecule has 2 aromatic rings. The first kappa shape index (κ1) is 18.9. The van der Waals surface area contributed by atoms with Crippen molar-refractivity contribution >= 4 is 34.8 Å². The van der Waals surface area contributed by atoms with Crippen LogP contribution in [0, 0.1) is 0 Å². The van der Waals surface area contributed by atoms with E-state index in [-0.39, 0.29) is 24.8 Å². The van der Waals surface area contributed by atoms with E-state index in [1.165, 1.54) is 11.3 Å². The topological polar surface area (TPSA) is 70.5 Å². The van der Waals surface area contributed by atoms with E-state index >= 15 is 0 Å². The third-order valence-electron chi connectivity index (χ3n) is 4.63. The molecule has 2 heterocycles. The number of carboxylic acid groups (broad SMARTS) is 1. The normalized spacial score (nSPS) is 17.3. The molecular weight excluding hydrogens is 372 g/mol. The second-order valence-electron chi connectivity index (χ2n) is 6.47. The zero-order valence-corrected chi connectivity index (χ0v) is 15.9. The Kier molecular flexibility index (Phi) is 6.27. The molecule has 1 aliphatic rings. The molecule has 1 aromatic heterocycles. The summed E-state index contributed by atoms with van der Waals surface area (Å²) in [4.78, 5) is 30.0. The average molecular weight is 393 g/mol. The van der Waals surface area contributed by atoms with Crippen LogP contribution in [-0.2, 0) is 16.0 Å². The van der Waals surface area contributed by atoms with Gasteiger partial charge in [-0.05, 0) is 31.7 Å². The number of aromatic nitrogens is 1. The van der Waals surface area contributed by atoms with E-state index in [1.807, 2.05) is 34.5 Å². The predicted octanol–water partition coefficient (Wildman–Crippen LogP) is 4.25. The summed E-state index contributed by atoms with van der Waals surface area (Å²) in [5, 5.41) is 12.3. The Labute approximate surface area is 161 Å². The molecule has 138 valence electrons. The quantitative estimate of drug-likeness (QED) is 0.797. The van der Waals surface area contributed by atoms with Gasteiger partial charge in [-0.15, -0.1) is 11.3 Å². The molecule has 1 N–H and O–H groups in total. The molecule has 1 aliphatic heterocycles. The summed E-state index contributed by atoms with van der Waals surface area (Å²) in [6, 6.07) is 7.55. The van der Waals surface area contributed by atoms with E-state index in [9.17, 15) is 9.59 Å². The first-order chi connectivity index (χ1) is 12.5. The molecule has 1 atom stereocenters. The van der Waals surface area contributed by atoms with Gasteiger partial charge in [-0.2, -0.15) is 0 Å². The molecule has 1 aromatic carbocycles. The summed E-state index contributed by atoms with van der Waals surface area (Å²) >= 11 is 7.69. The summed E-state index contributed by atoms with van der Waals surface area (Å²) in [5.74, 6) is -0.789. The van der Waals surface area contributed by atoms with Gasteiger partial charge in [0.2, 0.25) is 5.91 Å². The number of benzene rings is 1. The molecule has 7 heteroatoms. The Morgan fingerprint density at radius 1 is 1.31 bits per heavy atom. The molecule has 1 saturated heterocycles. The van der Waals surface area contributed by atoms with Crippen molar-refractivity contribution in [1.29, 1.82) is 0 Å². The summed E-state index contributed by atoms with van der Waals surface area (Å²) in [6.07, 6.45) is 3.75. The Morgan fingerprint density at radius 3 is 2.88 bits per heavy atom. The lowest BCUT2D eigenvalue weighted by atomic mass is 9.97. The number of carbonyl (C=O) groups excluding carboxylic acids is 1. The highest BCUT2D eigenvalue weighted by Gasteiger charge is 2.27. The fourth-order valence-electron chi connectivity index (χ4n) is 3.32. The molecule has 1 amide bonds. The van der Waals surface area contributed by atoms with Crippen LogP contribution in [-0.4, -0.2) is 39.5 Å². The Balaban J connectivity index is 1.67. The lowest BCUT2D eigenvalue weighted by Crippen LogP contribution is -2.44. The number of halogens is 1. The van der Waals surface area contributed by atoms with Gasteiger partial charge in [0.25, 0.3) is 0 Å². The Morgan fingerprint density at radius 2 is 2.12 bits per heavy atom. The number of thiazole rings is 1. The van der Waals surface area contributed by atoms with Crippen molar-refractivity contribution in [2.24, 2.45) is 0 Å². The molecule has 0 saturated carbocycles. The van der Waals surface area contributed by atoms with E-state index in [4.69, 9.17) is 16.7 Å². The maximum Gasteiger partial charge on any atom is 0.303 e. The van der Waals surface area contributed by atoms with E-state index in [0.717, 1.165) is 35.5 Å². The summed E-state index contributed by atoms with van der Waals surface area (Å²) in [6.45, 7) is 0.699. The minimum Gasteiger partial charge on any atom is -0.481 e. The van der Waals surface area contributed by atoms with Crippen LogP contribution in [0.15, 0.2) is 29.6 Å². The number of amides is 1. The van der Waals surface area contributed by atoms with Crippen LogP contribution in [0.2, 0.25) is 5.02 Å². The Bertz CT molecular complexity index is 793. The molecule has 0 aliphatic carbocycles. The van der Waals surface area contributed by atoms with Crippen molar-refractivity contribution in [2.45, 2.75) is 44.6 Å². The van der Waals surface area contributed by atoms with E-state index in [1.54, 1.807) is 0 Å². The van der Waals surface area contributed by atoms with Crippen molar-refractivity contribution in [3.05, 3.63) is 40.4 Å². The summed E-state index contributed by atoms with van der Waals surface area (Å²) in [5.41, 5.74) is 1.60. The first-order valence-corrected chi connectivity index (χ1v) is 10.0. The molecule has 5 nitrogen and oxygen atoms in total. The molecule has 0 radical (unpaired) electrons. The monoisotopic (exact) mass is 392 g/mol. The lowest BCUT2D eigenvalue weighted by molar-refractivity contribution is -0.139. The van der Waals surface area contributed by atoms with Crippen molar-refractivity contribution in [3.8, 4) is 10.6 Å². The molecule has 0 bridgehead atoms. The minimum absolute atomic E-state index is 0.0222. The van der Waals surface area contributed by atoms with Gasteiger partial charge in [-0.3, -0.25) is 9.59 Å². The number of carboxylic acids is 1. The fourth-order valence-corrected chi connectivity index (χ4v) is 4.46. The molecule has 26 heavy (non-hydrogen) atoms. The van der Waals surface area contributed by atoms with Crippen LogP contribution in [0.4, 0.5) is 0 Å². The van der Waals surface area contributed by atoms with Gasteiger partial charge < -0.3 is 10.0 Å². The van der Waals surface area contributed by atoms with Crippen molar-refractivity contribution < 1.29 is 14.7 Å². The summed E-state index contributed by atoms with van der Waals surface area (Å²) in [7, 11) is 0. The minimum atomic E-state index is -0.813. The van der Waals surface area contributed by atoms with E-state index in [0.29, 0.717) is 18.0 Å². The van der Waals surface area contributed by atoms with Gasteiger partial charge >= 0.3 is 5.97 Å². The fraction of sp³-hybridized carbons (Fsp3) is 0.421. The zero-order chi connectivity index (χ0) is 18.5. The number of carbonyl (C=O) groups is 2. The molecular formula is C19H21ClN2O3S. The van der Waals surface area contributed by atoms with Gasteiger partial charge in [0, 0.05) is 30.0 Å². The van der Waals surface area contributed by atoms with Crippen molar-refractivity contribution in [2.75, 3.05) is 6.54 Å². The molecule has 1 unspecified atom stereocenters. The number of aliphatic carboxylic acids is 1. The highest BCUT2D eigenvalue weighted by molar-refractivity contribution is 7.13. The van der Waals surface area contributed by atoms with Crippen molar-refractivity contribution in [3.63, 3.8) is 0 Å². The smallest absolute Gasteiger partial charge is 0.303 e. The average Bonchev–Trinajstić information content (AvgIpc) is 3.08. The van der Waals surface area contributed by atoms with Crippen LogP contribution >= 0.6 is 22.9 Å². The largest absolute Gasteiger partial charge is 0.481 e. The first-order valence-electron chi connectivity index (χ1n) is 8.75. The maximum absolute atomic E-state index is 12.8. The van der Waals surface area contributed by atoms with Crippen LogP contribution in [0.5, 0.6) is 0 Å². The van der Waals surface area contributed by atoms with E-state index < -0.39 is 5.97 Å². The molecule has 1 fully saturated rings. The SMILES string of the molecule is O=C(O)CCC1CCCCN1C(=O)Cc1csc(-c2ccccc2Cl)n1. The number of piperidine rings is 1. The number of likely N-dealkylation sites (tertiary alicyclic amines) is 1. The second-order valence-corrected chi connectivity index (χ2v) is 7.74. The summed E-state index contributed by atoms with van der Waals surface area (Å²) < 4.78 is 0.